The van der Waals surface area contributed by atoms with Gasteiger partial charge in [0.1, 0.15) is 0 Å². The predicted molar refractivity (Wildman–Crippen MR) is 64.2 cm³/mol. The molecule has 2 rings (SSSR count). The number of carbonyl (C=O) groups is 2. The zero-order valence-corrected chi connectivity index (χ0v) is 10.2. The lowest BCUT2D eigenvalue weighted by atomic mass is 10.0. The molecule has 1 N–H and O–H groups in total. The van der Waals surface area contributed by atoms with Gasteiger partial charge in [-0.3, -0.25) is 9.59 Å². The average molecular weight is 247 g/mol. The summed E-state index contributed by atoms with van der Waals surface area (Å²) in [5.74, 6) is -0.466. The molecule has 1 aromatic rings. The molecule has 0 saturated carbocycles. The van der Waals surface area contributed by atoms with E-state index in [1.165, 1.54) is 13.8 Å². The lowest BCUT2D eigenvalue weighted by molar-refractivity contribution is -0.134. The van der Waals surface area contributed by atoms with Crippen LogP contribution in [-0.2, 0) is 16.0 Å². The molecule has 0 bridgehead atoms. The first kappa shape index (κ1) is 12.4. The number of anilines is 1. The molecule has 1 aromatic carbocycles. The Hall–Kier alpha value is -2.04. The molecule has 5 heteroatoms. The summed E-state index contributed by atoms with van der Waals surface area (Å²) in [4.78, 5) is 22.1. The Morgan fingerprint density at radius 1 is 1.22 bits per heavy atom. The van der Waals surface area contributed by atoms with E-state index in [0.29, 0.717) is 5.69 Å². The van der Waals surface area contributed by atoms with Crippen LogP contribution in [0.25, 0.3) is 0 Å². The van der Waals surface area contributed by atoms with Gasteiger partial charge in [0.05, 0.1) is 12.2 Å². The van der Waals surface area contributed by atoms with Gasteiger partial charge in [0, 0.05) is 13.8 Å². The molecule has 94 valence electrons. The van der Waals surface area contributed by atoms with Crippen molar-refractivity contribution in [3.8, 4) is 11.5 Å². The number of ether oxygens (including phenoxy) is 2. The molecule has 0 saturated heterocycles. The van der Waals surface area contributed by atoms with Crippen molar-refractivity contribution in [3.05, 3.63) is 24.2 Å². The minimum absolute atomic E-state index is 0.229. The second-order valence-electron chi connectivity index (χ2n) is 3.92. The van der Waals surface area contributed by atoms with E-state index >= 15 is 0 Å². The van der Waals surface area contributed by atoms with Crippen LogP contribution in [0.5, 0.6) is 11.5 Å². The van der Waals surface area contributed by atoms with Crippen LogP contribution in [0.4, 0.5) is 5.69 Å². The van der Waals surface area contributed by atoms with E-state index < -0.39 is 11.9 Å². The molecule has 0 fully saturated rings. The molecule has 0 aromatic heterocycles. The van der Waals surface area contributed by atoms with Gasteiger partial charge in [-0.1, -0.05) is 6.07 Å². The molecular weight excluding hydrogens is 234 g/mol. The Bertz CT molecular complexity index is 496. The quantitative estimate of drug-likeness (QED) is 0.639. The highest BCUT2D eigenvalue weighted by Crippen LogP contribution is 2.41. The lowest BCUT2D eigenvalue weighted by Gasteiger charge is -2.21. The summed E-state index contributed by atoms with van der Waals surface area (Å²) in [5.41, 5.74) is 1.64. The second kappa shape index (κ2) is 5.08. The number of fused-ring (bicyclic) bond motifs is 1. The Labute approximate surface area is 105 Å². The third-order valence-corrected chi connectivity index (χ3v) is 2.44. The van der Waals surface area contributed by atoms with Gasteiger partial charge in [0.25, 0.3) is 0 Å². The fourth-order valence-electron chi connectivity index (χ4n) is 1.78. The highest BCUT2D eigenvalue weighted by atomic mass is 16.6. The number of rotatable bonds is 2. The van der Waals surface area contributed by atoms with Crippen molar-refractivity contribution in [2.24, 2.45) is 0 Å². The van der Waals surface area contributed by atoms with Gasteiger partial charge in [0.15, 0.2) is 11.5 Å². The maximum Gasteiger partial charge on any atom is 0.308 e. The Balaban J connectivity index is 2.45. The number of hydrogen-bond acceptors (Lipinski definition) is 5. The zero-order chi connectivity index (χ0) is 13.1. The summed E-state index contributed by atoms with van der Waals surface area (Å²) in [6, 6.07) is 3.47. The minimum atomic E-state index is -0.468. The molecule has 5 nitrogen and oxygen atoms in total. The van der Waals surface area contributed by atoms with E-state index in [2.05, 4.69) is 11.9 Å². The van der Waals surface area contributed by atoms with Crippen LogP contribution < -0.4 is 14.8 Å². The van der Waals surface area contributed by atoms with E-state index in [9.17, 15) is 9.59 Å². The van der Waals surface area contributed by atoms with Crippen LogP contribution in [0.3, 0.4) is 0 Å². The Kier molecular flexibility index (Phi) is 3.50. The highest BCUT2D eigenvalue weighted by molar-refractivity contribution is 5.80. The van der Waals surface area contributed by atoms with Gasteiger partial charge in [-0.05, 0) is 24.5 Å². The van der Waals surface area contributed by atoms with Crippen molar-refractivity contribution in [1.29, 1.82) is 0 Å². The van der Waals surface area contributed by atoms with Gasteiger partial charge in [-0.25, -0.2) is 0 Å². The second-order valence-corrected chi connectivity index (χ2v) is 3.92. The van der Waals surface area contributed by atoms with Crippen LogP contribution in [0.1, 0.15) is 25.8 Å². The lowest BCUT2D eigenvalue weighted by Crippen LogP contribution is -2.13. The van der Waals surface area contributed by atoms with Crippen LogP contribution in [0.2, 0.25) is 0 Å². The third-order valence-electron chi connectivity index (χ3n) is 2.44. The molecule has 0 atom stereocenters. The normalized spacial score (nSPS) is 13.2. The van der Waals surface area contributed by atoms with Crippen molar-refractivity contribution in [2.75, 3.05) is 5.32 Å². The standard InChI is InChI=1S/C13H13NO4/c1-8(15)17-11-6-5-10-4-3-7-14-12(10)13(11)18-9(2)16/h5-6,14H,3-4H2,1-2H3. The van der Waals surface area contributed by atoms with Gasteiger partial charge in [0.2, 0.25) is 0 Å². The number of aryl methyl sites for hydroxylation is 1. The van der Waals surface area contributed by atoms with Crippen molar-refractivity contribution in [3.63, 3.8) is 0 Å². The number of esters is 2. The van der Waals surface area contributed by atoms with E-state index in [1.54, 1.807) is 6.07 Å². The summed E-state index contributed by atoms with van der Waals surface area (Å²) < 4.78 is 10.2. The Morgan fingerprint density at radius 2 is 1.94 bits per heavy atom. The maximum atomic E-state index is 11.1. The summed E-state index contributed by atoms with van der Waals surface area (Å²) in [7, 11) is 0. The van der Waals surface area contributed by atoms with Crippen LogP contribution in [-0.4, -0.2) is 11.9 Å². The SMILES string of the molecule is CC(=O)Oc1ccc2c(c1OC(C)=O)N[C]CC2. The largest absolute Gasteiger partial charge is 0.423 e. The van der Waals surface area contributed by atoms with Gasteiger partial charge >= 0.3 is 11.9 Å². The van der Waals surface area contributed by atoms with Crippen molar-refractivity contribution in [2.45, 2.75) is 26.7 Å². The highest BCUT2D eigenvalue weighted by Gasteiger charge is 2.21. The van der Waals surface area contributed by atoms with Gasteiger partial charge in [-0.2, -0.15) is 0 Å². The van der Waals surface area contributed by atoms with Gasteiger partial charge in [-0.15, -0.1) is 0 Å². The topological polar surface area (TPSA) is 64.6 Å². The first-order chi connectivity index (χ1) is 8.58. The molecule has 1 aliphatic rings. The number of hydrogen-bond donors (Lipinski definition) is 1. The molecule has 1 aliphatic heterocycles. The molecular formula is C13H13NO4. The fraction of sp³-hybridized carbons (Fsp3) is 0.308. The van der Waals surface area contributed by atoms with Crippen molar-refractivity contribution < 1.29 is 19.1 Å². The number of carbonyl (C=O) groups excluding carboxylic acids is 2. The van der Waals surface area contributed by atoms with E-state index in [0.717, 1.165) is 18.4 Å². The monoisotopic (exact) mass is 247 g/mol. The van der Waals surface area contributed by atoms with E-state index in [-0.39, 0.29) is 11.5 Å². The van der Waals surface area contributed by atoms with Crippen LogP contribution in [0.15, 0.2) is 12.1 Å². The molecule has 2 radical (unpaired) electrons. The minimum Gasteiger partial charge on any atom is -0.423 e. The molecule has 0 aliphatic carbocycles. The number of benzene rings is 1. The smallest absolute Gasteiger partial charge is 0.308 e. The molecule has 0 amide bonds. The average Bonchev–Trinajstić information content (AvgIpc) is 2.31. The first-order valence-electron chi connectivity index (χ1n) is 5.59. The first-order valence-corrected chi connectivity index (χ1v) is 5.59. The summed E-state index contributed by atoms with van der Waals surface area (Å²) in [6.45, 7) is 5.55. The fourth-order valence-corrected chi connectivity index (χ4v) is 1.78. The van der Waals surface area contributed by atoms with Crippen molar-refractivity contribution >= 4 is 17.6 Å². The van der Waals surface area contributed by atoms with E-state index in [4.69, 9.17) is 9.47 Å². The maximum absolute atomic E-state index is 11.1. The molecule has 18 heavy (non-hydrogen) atoms. The van der Waals surface area contributed by atoms with Crippen molar-refractivity contribution in [1.82, 2.24) is 0 Å². The molecule has 1 heterocycles. The Morgan fingerprint density at radius 3 is 2.61 bits per heavy atom. The summed E-state index contributed by atoms with van der Waals surface area (Å²) in [5, 5.41) is 2.93. The molecule has 0 unspecified atom stereocenters. The van der Waals surface area contributed by atoms with Gasteiger partial charge < -0.3 is 14.8 Å². The predicted octanol–water partition coefficient (Wildman–Crippen LogP) is 1.93. The summed E-state index contributed by atoms with van der Waals surface area (Å²) >= 11 is 0. The summed E-state index contributed by atoms with van der Waals surface area (Å²) in [6.07, 6.45) is 1.58. The third kappa shape index (κ3) is 2.61. The van der Waals surface area contributed by atoms with E-state index in [1.807, 2.05) is 6.07 Å². The zero-order valence-electron chi connectivity index (χ0n) is 10.2. The van der Waals surface area contributed by atoms with Crippen LogP contribution >= 0.6 is 0 Å². The number of nitrogens with one attached hydrogen (secondary N) is 1. The molecule has 0 spiro atoms. The van der Waals surface area contributed by atoms with Crippen LogP contribution in [0, 0.1) is 6.54 Å².